The van der Waals surface area contributed by atoms with Crippen LogP contribution >= 0.6 is 0 Å². The number of allylic oxidation sites excluding steroid dienone is 1. The fourth-order valence-electron chi connectivity index (χ4n) is 3.97. The Labute approximate surface area is 203 Å². The van der Waals surface area contributed by atoms with E-state index in [-0.39, 0.29) is 32.8 Å². The van der Waals surface area contributed by atoms with Crippen molar-refractivity contribution in [3.05, 3.63) is 35.6 Å². The van der Waals surface area contributed by atoms with Crippen molar-refractivity contribution in [2.75, 3.05) is 39.3 Å². The van der Waals surface area contributed by atoms with Crippen LogP contribution in [0, 0.1) is 0 Å². The molecule has 0 saturated carbocycles. The van der Waals surface area contributed by atoms with Crippen LogP contribution in [0.4, 0.5) is 22.8 Å². The number of nitrogens with one attached hydrogen (secondary N) is 3. The largest absolute Gasteiger partial charge is 0.442 e. The number of carbonyl (C=O) groups is 3. The zero-order chi connectivity index (χ0) is 25.7. The van der Waals surface area contributed by atoms with Crippen molar-refractivity contribution in [1.82, 2.24) is 40.9 Å². The van der Waals surface area contributed by atoms with Crippen LogP contribution in [0.5, 0.6) is 0 Å². The highest BCUT2D eigenvalue weighted by molar-refractivity contribution is 5.79. The van der Waals surface area contributed by atoms with E-state index >= 15 is 4.39 Å². The van der Waals surface area contributed by atoms with Gasteiger partial charge in [-0.3, -0.25) is 14.5 Å². The molecule has 4 rings (SSSR count). The number of amides is 4. The van der Waals surface area contributed by atoms with Crippen LogP contribution in [0.3, 0.4) is 0 Å². The van der Waals surface area contributed by atoms with Crippen molar-refractivity contribution >= 4 is 18.0 Å². The SMILES string of the molecule is O=C(NCC1CN(C2C=C(F)C(N3CCON(C(=O)NCc4cn[nH]n4)CC3)=CC2)C(=O)O1)C(F)F. The minimum absolute atomic E-state index is 0.0237. The van der Waals surface area contributed by atoms with Crippen molar-refractivity contribution in [1.29, 1.82) is 0 Å². The maximum atomic E-state index is 15.1. The summed E-state index contributed by atoms with van der Waals surface area (Å²) in [5, 5.41) is 15.8. The quantitative estimate of drug-likeness (QED) is 0.471. The summed E-state index contributed by atoms with van der Waals surface area (Å²) in [5.41, 5.74) is 0.882. The molecular formula is C20H25F3N8O5. The molecule has 3 heterocycles. The number of halogens is 3. The van der Waals surface area contributed by atoms with E-state index < -0.39 is 42.4 Å². The third-order valence-corrected chi connectivity index (χ3v) is 5.78. The van der Waals surface area contributed by atoms with E-state index in [9.17, 15) is 23.2 Å². The van der Waals surface area contributed by atoms with Gasteiger partial charge in [-0.1, -0.05) is 6.08 Å². The lowest BCUT2D eigenvalue weighted by atomic mass is 10.0. The number of rotatable bonds is 7. The lowest BCUT2D eigenvalue weighted by Gasteiger charge is -2.30. The Morgan fingerprint density at radius 3 is 2.81 bits per heavy atom. The fraction of sp³-hybridized carbons (Fsp3) is 0.550. The Bertz CT molecular complexity index is 1020. The number of ether oxygens (including phenoxy) is 1. The van der Waals surface area contributed by atoms with Gasteiger partial charge in [0.1, 0.15) is 17.6 Å². The molecule has 16 heteroatoms. The van der Waals surface area contributed by atoms with Crippen molar-refractivity contribution < 1.29 is 37.1 Å². The first kappa shape index (κ1) is 25.3. The molecule has 36 heavy (non-hydrogen) atoms. The summed E-state index contributed by atoms with van der Waals surface area (Å²) in [6, 6.07) is -1.08. The van der Waals surface area contributed by atoms with Gasteiger partial charge in [0.05, 0.1) is 50.7 Å². The van der Waals surface area contributed by atoms with Crippen molar-refractivity contribution in [3.63, 3.8) is 0 Å². The highest BCUT2D eigenvalue weighted by Gasteiger charge is 2.37. The molecule has 0 radical (unpaired) electrons. The Hall–Kier alpha value is -3.82. The molecule has 0 aromatic carbocycles. The molecule has 13 nitrogen and oxygen atoms in total. The standard InChI is InChI=1S/C20H25F3N8O5/c21-15-7-13(30-11-14(36-20(30)34)10-24-18(32)17(22)23)1-2-16(15)29-3-4-31(35-6-5-29)19(33)25-8-12-9-26-28-27-12/h2,7,9,13-14,17H,1,3-6,8,10-11H2,(H,24,32)(H,25,33)(H,26,27,28). The molecule has 0 bridgehead atoms. The molecule has 2 saturated heterocycles. The zero-order valence-electron chi connectivity index (χ0n) is 19.0. The summed E-state index contributed by atoms with van der Waals surface area (Å²) in [6.45, 7) is 0.910. The van der Waals surface area contributed by atoms with E-state index in [0.717, 1.165) is 0 Å². The molecule has 2 aliphatic heterocycles. The predicted octanol–water partition coefficient (Wildman–Crippen LogP) is 0.275. The van der Waals surface area contributed by atoms with Gasteiger partial charge in [0.15, 0.2) is 0 Å². The van der Waals surface area contributed by atoms with E-state index in [1.807, 2.05) is 5.32 Å². The maximum absolute atomic E-state index is 15.1. The lowest BCUT2D eigenvalue weighted by Crippen LogP contribution is -2.41. The average Bonchev–Trinajstić information content (AvgIpc) is 3.44. The number of alkyl halides is 2. The molecular weight excluding hydrogens is 489 g/mol. The highest BCUT2D eigenvalue weighted by atomic mass is 19.3. The number of cyclic esters (lactones) is 1. The number of nitrogens with zero attached hydrogens (tertiary/aromatic N) is 5. The molecule has 2 fully saturated rings. The third kappa shape index (κ3) is 6.05. The normalized spacial score (nSPS) is 22.7. The van der Waals surface area contributed by atoms with E-state index in [2.05, 4.69) is 20.7 Å². The summed E-state index contributed by atoms with van der Waals surface area (Å²) < 4.78 is 44.8. The minimum Gasteiger partial charge on any atom is -0.442 e. The number of aromatic nitrogens is 3. The second-order valence-corrected chi connectivity index (χ2v) is 8.15. The maximum Gasteiger partial charge on any atom is 0.410 e. The molecule has 3 aliphatic rings. The number of aromatic amines is 1. The number of H-pyrrole nitrogens is 1. The molecule has 196 valence electrons. The van der Waals surface area contributed by atoms with Gasteiger partial charge in [-0.05, 0) is 12.5 Å². The van der Waals surface area contributed by atoms with Crippen LogP contribution < -0.4 is 10.6 Å². The number of hydrogen-bond donors (Lipinski definition) is 3. The molecule has 1 aromatic rings. The van der Waals surface area contributed by atoms with Crippen LogP contribution in [-0.2, 0) is 20.9 Å². The van der Waals surface area contributed by atoms with Crippen molar-refractivity contribution in [3.8, 4) is 0 Å². The summed E-state index contributed by atoms with van der Waals surface area (Å²) in [7, 11) is 0. The van der Waals surface area contributed by atoms with Crippen LogP contribution in [0.25, 0.3) is 0 Å². The first-order valence-corrected chi connectivity index (χ1v) is 11.2. The van der Waals surface area contributed by atoms with Crippen LogP contribution in [0.2, 0.25) is 0 Å². The molecule has 2 atom stereocenters. The Balaban J connectivity index is 1.27. The van der Waals surface area contributed by atoms with Crippen molar-refractivity contribution in [2.24, 2.45) is 0 Å². The summed E-state index contributed by atoms with van der Waals surface area (Å²) >= 11 is 0. The zero-order valence-corrected chi connectivity index (χ0v) is 19.0. The molecule has 1 aliphatic carbocycles. The van der Waals surface area contributed by atoms with Gasteiger partial charge in [0, 0.05) is 13.1 Å². The van der Waals surface area contributed by atoms with Crippen LogP contribution in [0.1, 0.15) is 12.1 Å². The first-order chi connectivity index (χ1) is 17.3. The van der Waals surface area contributed by atoms with E-state index in [1.54, 1.807) is 11.0 Å². The van der Waals surface area contributed by atoms with Crippen LogP contribution in [-0.4, -0.2) is 106 Å². The molecule has 4 amide bonds. The number of carbonyl (C=O) groups excluding carboxylic acids is 3. The third-order valence-electron chi connectivity index (χ3n) is 5.78. The second-order valence-electron chi connectivity index (χ2n) is 8.15. The topological polar surface area (TPSA) is 145 Å². The van der Waals surface area contributed by atoms with Gasteiger partial charge in [0.25, 0.3) is 5.91 Å². The van der Waals surface area contributed by atoms with Gasteiger partial charge in [-0.25, -0.2) is 19.0 Å². The number of hydroxylamine groups is 2. The van der Waals surface area contributed by atoms with E-state index in [4.69, 9.17) is 9.57 Å². The minimum atomic E-state index is -3.16. The van der Waals surface area contributed by atoms with Crippen molar-refractivity contribution in [2.45, 2.75) is 31.5 Å². The monoisotopic (exact) mass is 514 g/mol. The van der Waals surface area contributed by atoms with Gasteiger partial charge >= 0.3 is 18.5 Å². The van der Waals surface area contributed by atoms with Gasteiger partial charge in [0.2, 0.25) is 0 Å². The molecule has 1 aromatic heterocycles. The van der Waals surface area contributed by atoms with E-state index in [1.165, 1.54) is 22.2 Å². The average molecular weight is 514 g/mol. The lowest BCUT2D eigenvalue weighted by molar-refractivity contribution is -0.132. The van der Waals surface area contributed by atoms with Crippen LogP contribution in [0.15, 0.2) is 29.9 Å². The first-order valence-electron chi connectivity index (χ1n) is 11.2. The second kappa shape index (κ2) is 11.3. The Morgan fingerprint density at radius 1 is 1.25 bits per heavy atom. The fourth-order valence-corrected chi connectivity index (χ4v) is 3.97. The van der Waals surface area contributed by atoms with Gasteiger partial charge in [-0.15, -0.1) is 0 Å². The molecule has 3 N–H and O–H groups in total. The number of hydrogen-bond acceptors (Lipinski definition) is 8. The summed E-state index contributed by atoms with van der Waals surface area (Å²) in [6.07, 6.45) is 0.0369. The smallest absolute Gasteiger partial charge is 0.410 e. The molecule has 0 spiro atoms. The van der Waals surface area contributed by atoms with Gasteiger partial charge < -0.3 is 20.3 Å². The summed E-state index contributed by atoms with van der Waals surface area (Å²) in [4.78, 5) is 44.1. The van der Waals surface area contributed by atoms with E-state index in [0.29, 0.717) is 30.9 Å². The molecule has 2 unspecified atom stereocenters. The van der Waals surface area contributed by atoms with Gasteiger partial charge in [-0.2, -0.15) is 24.2 Å². The summed E-state index contributed by atoms with van der Waals surface area (Å²) in [5.74, 6) is -1.99. The highest BCUT2D eigenvalue weighted by Crippen LogP contribution is 2.28. The Morgan fingerprint density at radius 2 is 2.08 bits per heavy atom. The predicted molar refractivity (Wildman–Crippen MR) is 115 cm³/mol. The Kier molecular flexibility index (Phi) is 7.92. The number of urea groups is 1.